The number of piperazine rings is 1. The van der Waals surface area contributed by atoms with Gasteiger partial charge in [-0.1, -0.05) is 28.8 Å². The van der Waals surface area contributed by atoms with Gasteiger partial charge in [0.2, 0.25) is 10.0 Å². The van der Waals surface area contributed by atoms with Gasteiger partial charge in [0.05, 0.1) is 16.2 Å². The van der Waals surface area contributed by atoms with E-state index in [0.29, 0.717) is 43.7 Å². The molecule has 0 atom stereocenters. The van der Waals surface area contributed by atoms with Gasteiger partial charge in [0.1, 0.15) is 4.90 Å². The highest BCUT2D eigenvalue weighted by Gasteiger charge is 2.34. The lowest BCUT2D eigenvalue weighted by molar-refractivity contribution is -0.385. The summed E-state index contributed by atoms with van der Waals surface area (Å²) in [7, 11) is -4.02. The van der Waals surface area contributed by atoms with Crippen LogP contribution < -0.4 is 4.90 Å². The zero-order valence-corrected chi connectivity index (χ0v) is 21.5. The maximum atomic E-state index is 13.8. The number of nitro benzene ring substituents is 1. The van der Waals surface area contributed by atoms with Crippen molar-refractivity contribution < 1.29 is 13.3 Å². The van der Waals surface area contributed by atoms with Crippen LogP contribution in [-0.4, -0.2) is 72.1 Å². The number of nitrogens with zero attached hydrogens (tertiary/aromatic N) is 5. The summed E-state index contributed by atoms with van der Waals surface area (Å²) in [6.07, 6.45) is 9.93. The number of non-ortho nitro benzene ring substituents is 1. The Morgan fingerprint density at radius 2 is 1.88 bits per heavy atom. The molecule has 1 saturated heterocycles. The van der Waals surface area contributed by atoms with E-state index in [-0.39, 0.29) is 29.2 Å². The number of anilines is 1. The highest BCUT2D eigenvalue weighted by Crippen LogP contribution is 2.36. The highest BCUT2D eigenvalue weighted by molar-refractivity contribution is 9.09. The van der Waals surface area contributed by atoms with Gasteiger partial charge in [-0.05, 0) is 24.1 Å². The predicted octanol–water partition coefficient (Wildman–Crippen LogP) is 3.09. The molecule has 0 saturated carbocycles. The molecule has 0 N–H and O–H groups in total. The van der Waals surface area contributed by atoms with Gasteiger partial charge in [0.25, 0.3) is 5.69 Å². The molecule has 0 amide bonds. The summed E-state index contributed by atoms with van der Waals surface area (Å²) in [5.74, 6) is 2.48. The molecule has 34 heavy (non-hydrogen) atoms. The standard InChI is InChI=1S/C23H28BrN5O4S/c1-3-10-27(11-7-24)23-20(4-2)16-21(29(30)31)17-22(23)34(32,33)28-14-12-26(13-15-28)18-19-5-8-25-9-6-19/h2,5-6,8-9,16-17H,3,7,10-15,18H2,1H3. The van der Waals surface area contributed by atoms with E-state index < -0.39 is 14.9 Å². The van der Waals surface area contributed by atoms with Crippen LogP contribution >= 0.6 is 15.9 Å². The molecule has 9 nitrogen and oxygen atoms in total. The van der Waals surface area contributed by atoms with Crippen LogP contribution in [0.15, 0.2) is 41.6 Å². The van der Waals surface area contributed by atoms with Crippen LogP contribution in [-0.2, 0) is 16.6 Å². The lowest BCUT2D eigenvalue weighted by Gasteiger charge is -2.35. The zero-order valence-electron chi connectivity index (χ0n) is 19.1. The van der Waals surface area contributed by atoms with Crippen molar-refractivity contribution in [2.75, 3.05) is 49.5 Å². The molecule has 1 aromatic carbocycles. The summed E-state index contributed by atoms with van der Waals surface area (Å²) < 4.78 is 29.0. The molecule has 1 aromatic heterocycles. The fourth-order valence-electron chi connectivity index (χ4n) is 4.05. The number of nitro groups is 1. The maximum Gasteiger partial charge on any atom is 0.272 e. The van der Waals surface area contributed by atoms with E-state index in [0.717, 1.165) is 18.1 Å². The molecule has 0 bridgehead atoms. The van der Waals surface area contributed by atoms with Crippen molar-refractivity contribution in [3.05, 3.63) is 57.9 Å². The molecular formula is C23H28BrN5O4S. The first-order valence-electron chi connectivity index (χ1n) is 11.0. The van der Waals surface area contributed by atoms with Crippen molar-refractivity contribution in [1.82, 2.24) is 14.2 Å². The summed E-state index contributed by atoms with van der Waals surface area (Å²) in [4.78, 5) is 18.9. The van der Waals surface area contributed by atoms with Crippen LogP contribution in [0.2, 0.25) is 0 Å². The van der Waals surface area contributed by atoms with Crippen molar-refractivity contribution in [1.29, 1.82) is 0 Å². The predicted molar refractivity (Wildman–Crippen MR) is 136 cm³/mol. The van der Waals surface area contributed by atoms with Crippen LogP contribution in [0.3, 0.4) is 0 Å². The number of terminal acetylenes is 1. The first kappa shape index (κ1) is 26.1. The van der Waals surface area contributed by atoms with Crippen molar-refractivity contribution in [3.63, 3.8) is 0 Å². The Morgan fingerprint density at radius 1 is 1.21 bits per heavy atom. The smallest absolute Gasteiger partial charge is 0.272 e. The Balaban J connectivity index is 1.95. The van der Waals surface area contributed by atoms with Crippen molar-refractivity contribution >= 4 is 37.3 Å². The SMILES string of the molecule is C#Cc1cc([N+](=O)[O-])cc(S(=O)(=O)N2CCN(Cc3ccncc3)CC2)c1N(CCC)CCBr. The third-order valence-corrected chi connectivity index (χ3v) is 7.96. The Labute approximate surface area is 209 Å². The van der Waals surface area contributed by atoms with Crippen molar-refractivity contribution in [2.24, 2.45) is 0 Å². The monoisotopic (exact) mass is 549 g/mol. The summed E-state index contributed by atoms with van der Waals surface area (Å²) in [5.41, 5.74) is 1.34. The number of benzene rings is 1. The Hall–Kier alpha value is -2.52. The quantitative estimate of drug-likeness (QED) is 0.194. The first-order valence-corrected chi connectivity index (χ1v) is 13.6. The Bertz CT molecular complexity index is 1140. The second-order valence-electron chi connectivity index (χ2n) is 7.95. The van der Waals surface area contributed by atoms with Gasteiger partial charge in [-0.15, -0.1) is 6.42 Å². The molecule has 3 rings (SSSR count). The average molecular weight is 550 g/mol. The Kier molecular flexibility index (Phi) is 9.02. The number of hydrogen-bond acceptors (Lipinski definition) is 7. The minimum atomic E-state index is -4.02. The fraction of sp³-hybridized carbons (Fsp3) is 0.435. The molecule has 1 fully saturated rings. The van der Waals surface area contributed by atoms with Gasteiger partial charge in [-0.2, -0.15) is 4.31 Å². The molecule has 0 aliphatic carbocycles. The number of alkyl halides is 1. The fourth-order valence-corrected chi connectivity index (χ4v) is 6.16. The van der Waals surface area contributed by atoms with Gasteiger partial charge < -0.3 is 4.90 Å². The summed E-state index contributed by atoms with van der Waals surface area (Å²) >= 11 is 3.42. The van der Waals surface area contributed by atoms with E-state index in [1.54, 1.807) is 12.4 Å². The average Bonchev–Trinajstić information content (AvgIpc) is 2.84. The highest BCUT2D eigenvalue weighted by atomic mass is 79.9. The molecular weight excluding hydrogens is 522 g/mol. The van der Waals surface area contributed by atoms with E-state index in [2.05, 4.69) is 31.7 Å². The van der Waals surface area contributed by atoms with Crippen LogP contribution in [0.25, 0.3) is 0 Å². The van der Waals surface area contributed by atoms with Crippen molar-refractivity contribution in [3.8, 4) is 12.3 Å². The molecule has 2 aromatic rings. The number of halogens is 1. The minimum Gasteiger partial charge on any atom is -0.369 e. The van der Waals surface area contributed by atoms with Gasteiger partial charge in [0.15, 0.2) is 0 Å². The van der Waals surface area contributed by atoms with E-state index in [4.69, 9.17) is 6.42 Å². The number of hydrogen-bond donors (Lipinski definition) is 0. The summed E-state index contributed by atoms with van der Waals surface area (Å²) in [6, 6.07) is 6.29. The van der Waals surface area contributed by atoms with E-state index in [1.165, 1.54) is 10.4 Å². The number of rotatable bonds is 10. The number of aromatic nitrogens is 1. The topological polar surface area (TPSA) is 99.9 Å². The summed E-state index contributed by atoms with van der Waals surface area (Å²) in [5, 5.41) is 12.2. The normalized spacial score (nSPS) is 15.1. The van der Waals surface area contributed by atoms with E-state index in [9.17, 15) is 18.5 Å². The van der Waals surface area contributed by atoms with E-state index in [1.807, 2.05) is 24.0 Å². The van der Waals surface area contributed by atoms with Crippen LogP contribution in [0.1, 0.15) is 24.5 Å². The lowest BCUT2D eigenvalue weighted by Crippen LogP contribution is -2.48. The third-order valence-electron chi connectivity index (χ3n) is 5.69. The maximum absolute atomic E-state index is 13.8. The van der Waals surface area contributed by atoms with Crippen LogP contribution in [0.4, 0.5) is 11.4 Å². The third kappa shape index (κ3) is 5.93. The largest absolute Gasteiger partial charge is 0.369 e. The molecule has 2 heterocycles. The lowest BCUT2D eigenvalue weighted by atomic mass is 10.1. The zero-order chi connectivity index (χ0) is 24.7. The molecule has 0 unspecified atom stereocenters. The van der Waals surface area contributed by atoms with Gasteiger partial charge in [0, 0.05) is 75.7 Å². The van der Waals surface area contributed by atoms with E-state index >= 15 is 0 Å². The number of sulfonamides is 1. The first-order chi connectivity index (χ1) is 16.3. The van der Waals surface area contributed by atoms with Gasteiger partial charge in [-0.25, -0.2) is 8.42 Å². The molecule has 0 spiro atoms. The molecule has 0 radical (unpaired) electrons. The van der Waals surface area contributed by atoms with Crippen LogP contribution in [0.5, 0.6) is 0 Å². The number of pyridine rings is 1. The summed E-state index contributed by atoms with van der Waals surface area (Å²) in [6.45, 7) is 5.44. The molecule has 11 heteroatoms. The minimum absolute atomic E-state index is 0.105. The van der Waals surface area contributed by atoms with Crippen molar-refractivity contribution in [2.45, 2.75) is 24.8 Å². The van der Waals surface area contributed by atoms with Gasteiger partial charge in [-0.3, -0.25) is 20.0 Å². The second-order valence-corrected chi connectivity index (χ2v) is 10.7. The molecule has 1 aliphatic rings. The second kappa shape index (κ2) is 11.8. The Morgan fingerprint density at radius 3 is 2.44 bits per heavy atom. The van der Waals surface area contributed by atoms with Gasteiger partial charge >= 0.3 is 0 Å². The molecule has 182 valence electrons. The van der Waals surface area contributed by atoms with Crippen LogP contribution in [0, 0.1) is 22.5 Å². The molecule has 1 aliphatic heterocycles.